The number of fused-ring (bicyclic) bond motifs is 5. The van der Waals surface area contributed by atoms with Crippen molar-refractivity contribution in [1.82, 2.24) is 0 Å². The zero-order chi connectivity index (χ0) is 31.9. The average Bonchev–Trinajstić information content (AvgIpc) is 3.32. The molecule has 0 aliphatic heterocycles. The summed E-state index contributed by atoms with van der Waals surface area (Å²) in [6, 6.07) is 3.86. The quantitative estimate of drug-likeness (QED) is 0.130. The van der Waals surface area contributed by atoms with Crippen LogP contribution in [0, 0.1) is 46.3 Å². The fraction of sp³-hybridized carbons (Fsp3) is 0.703. The summed E-state index contributed by atoms with van der Waals surface area (Å²) in [4.78, 5) is 12.6. The van der Waals surface area contributed by atoms with E-state index in [1.54, 1.807) is 0 Å². The summed E-state index contributed by atoms with van der Waals surface area (Å²) in [6.45, 7) is 15.9. The van der Waals surface area contributed by atoms with Crippen molar-refractivity contribution in [2.75, 3.05) is 6.61 Å². The number of esters is 1. The fourth-order valence-corrected chi connectivity index (χ4v) is 10.7. The molecule has 0 bridgehead atoms. The topological polar surface area (TPSA) is 92.7 Å². The van der Waals surface area contributed by atoms with Crippen molar-refractivity contribution in [1.29, 1.82) is 0 Å². The van der Waals surface area contributed by atoms with Crippen LogP contribution in [-0.4, -0.2) is 31.7 Å². The van der Waals surface area contributed by atoms with Crippen LogP contribution in [0.4, 0.5) is 0 Å². The van der Waals surface area contributed by atoms with Crippen LogP contribution in [0.2, 0.25) is 0 Å². The number of hydrogen-bond donors (Lipinski definition) is 0. The Morgan fingerprint density at radius 2 is 1.84 bits per heavy atom. The largest absolute Gasteiger partial charge is 1.00 e. The first-order chi connectivity index (χ1) is 20.8. The van der Waals surface area contributed by atoms with E-state index in [9.17, 15) is 17.8 Å². The van der Waals surface area contributed by atoms with Crippen molar-refractivity contribution in [2.45, 2.75) is 116 Å². The fourth-order valence-electron chi connectivity index (χ4n) is 10.1. The van der Waals surface area contributed by atoms with Crippen molar-refractivity contribution in [3.05, 3.63) is 48.1 Å². The summed E-state index contributed by atoms with van der Waals surface area (Å²) in [5, 5.41) is 0. The van der Waals surface area contributed by atoms with Gasteiger partial charge in [0.15, 0.2) is 0 Å². The molecule has 1 aromatic carbocycles. The van der Waals surface area contributed by atoms with Gasteiger partial charge in [0.05, 0.1) is 10.5 Å². The Bertz CT molecular complexity index is 1370. The summed E-state index contributed by atoms with van der Waals surface area (Å²) in [6.07, 6.45) is 16.7. The van der Waals surface area contributed by atoms with Gasteiger partial charge in [-0.2, -0.15) is 0 Å². The first-order valence-corrected chi connectivity index (χ1v) is 18.4. The Kier molecular flexibility index (Phi) is 12.4. The van der Waals surface area contributed by atoms with Crippen LogP contribution in [0.3, 0.4) is 0 Å². The molecule has 45 heavy (non-hydrogen) atoms. The molecule has 0 heterocycles. The van der Waals surface area contributed by atoms with E-state index >= 15 is 0 Å². The van der Waals surface area contributed by atoms with Gasteiger partial charge in [0.2, 0.25) is 0 Å². The monoisotopic (exact) mass is 664 g/mol. The summed E-state index contributed by atoms with van der Waals surface area (Å²) in [5.41, 5.74) is 2.06. The van der Waals surface area contributed by atoms with Gasteiger partial charge in [0, 0.05) is 6.42 Å². The number of carbonyl (C=O) groups is 1. The van der Waals surface area contributed by atoms with Gasteiger partial charge in [0.25, 0.3) is 0 Å². The molecule has 4 aliphatic carbocycles. The zero-order valence-corrected chi connectivity index (χ0v) is 32.4. The van der Waals surface area contributed by atoms with E-state index in [2.05, 4.69) is 47.3 Å². The first-order valence-electron chi connectivity index (χ1n) is 17.0. The minimum Gasteiger partial charge on any atom is -0.744 e. The molecule has 8 heteroatoms. The van der Waals surface area contributed by atoms with E-state index in [4.69, 9.17) is 9.47 Å². The molecular formula is C37H53KO6S. The van der Waals surface area contributed by atoms with E-state index in [1.165, 1.54) is 68.7 Å². The number of ether oxygens (including phenoxy) is 2. The molecule has 5 rings (SSSR count). The van der Waals surface area contributed by atoms with Crippen molar-refractivity contribution >= 4 is 16.1 Å². The molecule has 8 atom stereocenters. The number of rotatable bonds is 11. The first kappa shape index (κ1) is 37.3. The molecule has 0 radical (unpaired) electrons. The SMILES string of the molecule is C=CCOc1ccc(C(=O)O[C@H]2CC[C@@]3(C)C(=CC[C@H]4[C@@H]5CC[C@H]([C@H](C)CCCC(C)C)[C@@]5(C)CC[C@@H]43)C2)cc1S(=O)(=O)[O-].[K+]. The summed E-state index contributed by atoms with van der Waals surface area (Å²) in [7, 11) is -4.84. The summed E-state index contributed by atoms with van der Waals surface area (Å²) in [5.74, 6) is 3.95. The van der Waals surface area contributed by atoms with Gasteiger partial charge in [-0.1, -0.05) is 78.2 Å². The van der Waals surface area contributed by atoms with E-state index in [-0.39, 0.29) is 80.8 Å². The molecule has 0 amide bonds. The molecule has 0 unspecified atom stereocenters. The Balaban J connectivity index is 0.00000461. The number of benzene rings is 1. The molecule has 0 N–H and O–H groups in total. The molecule has 244 valence electrons. The predicted molar refractivity (Wildman–Crippen MR) is 172 cm³/mol. The second-order valence-corrected chi connectivity index (χ2v) is 16.6. The maximum atomic E-state index is 13.1. The Morgan fingerprint density at radius 1 is 1.09 bits per heavy atom. The molecule has 0 spiro atoms. The van der Waals surface area contributed by atoms with Crippen LogP contribution in [0.1, 0.15) is 116 Å². The average molecular weight is 665 g/mol. The molecule has 3 saturated carbocycles. The molecule has 1 aromatic rings. The number of hydrogen-bond acceptors (Lipinski definition) is 6. The van der Waals surface area contributed by atoms with Gasteiger partial charge < -0.3 is 14.0 Å². The minimum absolute atomic E-state index is 0. The van der Waals surface area contributed by atoms with E-state index in [1.807, 2.05) is 0 Å². The third kappa shape index (κ3) is 7.73. The maximum Gasteiger partial charge on any atom is 1.00 e. The van der Waals surface area contributed by atoms with Crippen molar-refractivity contribution < 1.29 is 78.6 Å². The Hall–Kier alpha value is -0.484. The maximum absolute atomic E-state index is 13.1. The Morgan fingerprint density at radius 3 is 2.53 bits per heavy atom. The molecule has 3 fully saturated rings. The standard InChI is InChI=1S/C37H54O6S.K/c1-7-21-42-33-16-11-26(22-34(33)44(39,40)41)35(38)43-28-17-19-36(5)27(23-28)12-13-29-31-15-14-30(25(4)10-8-9-24(2)3)37(31,6)20-18-32(29)36;/h7,11-12,16,22,24-25,28-32H,1,8-10,13-15,17-21,23H2,2-6H3,(H,39,40,41);/q;+1/p-1/t25-,28+,29+,30-,31+,32+,36+,37-;/m1./s1. The molecule has 0 aromatic heterocycles. The van der Waals surface area contributed by atoms with E-state index < -0.39 is 21.0 Å². The molecular weight excluding hydrogens is 612 g/mol. The van der Waals surface area contributed by atoms with Gasteiger partial charge in [0.1, 0.15) is 28.6 Å². The Labute approximate surface area is 314 Å². The van der Waals surface area contributed by atoms with Crippen LogP contribution < -0.4 is 56.1 Å². The zero-order valence-electron chi connectivity index (χ0n) is 28.5. The number of allylic oxidation sites excluding steroid dienone is 1. The second kappa shape index (κ2) is 15.0. The molecule has 6 nitrogen and oxygen atoms in total. The molecule has 0 saturated heterocycles. The van der Waals surface area contributed by atoms with E-state index in [0.29, 0.717) is 11.3 Å². The van der Waals surface area contributed by atoms with Crippen LogP contribution in [0.15, 0.2) is 47.4 Å². The second-order valence-electron chi connectivity index (χ2n) is 15.3. The van der Waals surface area contributed by atoms with Crippen molar-refractivity contribution in [3.8, 4) is 5.75 Å². The van der Waals surface area contributed by atoms with Crippen LogP contribution in [0.25, 0.3) is 0 Å². The third-order valence-corrected chi connectivity index (χ3v) is 13.2. The van der Waals surface area contributed by atoms with Gasteiger partial charge in [-0.3, -0.25) is 0 Å². The molecule has 4 aliphatic rings. The van der Waals surface area contributed by atoms with Crippen LogP contribution in [-0.2, 0) is 14.9 Å². The summed E-state index contributed by atoms with van der Waals surface area (Å²) >= 11 is 0. The predicted octanol–water partition coefficient (Wildman–Crippen LogP) is 5.73. The smallest absolute Gasteiger partial charge is 0.744 e. The van der Waals surface area contributed by atoms with Crippen LogP contribution >= 0.6 is 0 Å². The van der Waals surface area contributed by atoms with Gasteiger partial charge in [-0.15, -0.1) is 0 Å². The third-order valence-electron chi connectivity index (χ3n) is 12.3. The van der Waals surface area contributed by atoms with Crippen molar-refractivity contribution in [2.24, 2.45) is 46.3 Å². The van der Waals surface area contributed by atoms with Gasteiger partial charge in [-0.25, -0.2) is 13.2 Å². The summed E-state index contributed by atoms with van der Waals surface area (Å²) < 4.78 is 46.9. The van der Waals surface area contributed by atoms with Gasteiger partial charge >= 0.3 is 57.4 Å². The van der Waals surface area contributed by atoms with Gasteiger partial charge in [-0.05, 0) is 109 Å². The normalized spacial score (nSPS) is 33.1. The van der Waals surface area contributed by atoms with E-state index in [0.717, 1.165) is 61.3 Å². The van der Waals surface area contributed by atoms with Crippen molar-refractivity contribution in [3.63, 3.8) is 0 Å². The van der Waals surface area contributed by atoms with Crippen LogP contribution in [0.5, 0.6) is 5.75 Å². The minimum atomic E-state index is -4.84. The number of carbonyl (C=O) groups excluding carboxylic acids is 1.